The highest BCUT2D eigenvalue weighted by molar-refractivity contribution is 8.00. The van der Waals surface area contributed by atoms with Crippen LogP contribution < -0.4 is 5.73 Å². The lowest BCUT2D eigenvalue weighted by Crippen LogP contribution is -2.39. The zero-order chi connectivity index (χ0) is 12.1. The van der Waals surface area contributed by atoms with Gasteiger partial charge in [0.05, 0.1) is 6.61 Å². The number of aliphatic hydroxyl groups is 1. The maximum absolute atomic E-state index is 12.7. The zero-order valence-corrected chi connectivity index (χ0v) is 10.4. The molecular weight excluding hydrogens is 225 g/mol. The molecule has 2 unspecified atom stereocenters. The number of nitrogens with two attached hydrogens (primary N) is 1. The topological polar surface area (TPSA) is 46.2 Å². The second-order valence-electron chi connectivity index (χ2n) is 4.11. The van der Waals surface area contributed by atoms with Gasteiger partial charge in [-0.15, -0.1) is 11.8 Å². The highest BCUT2D eigenvalue weighted by Gasteiger charge is 2.21. The summed E-state index contributed by atoms with van der Waals surface area (Å²) in [5, 5.41) is 9.24. The Morgan fingerprint density at radius 3 is 2.31 bits per heavy atom. The lowest BCUT2D eigenvalue weighted by atomic mass is 10.0. The molecule has 1 rings (SSSR count). The second-order valence-corrected chi connectivity index (χ2v) is 5.43. The van der Waals surface area contributed by atoms with E-state index in [0.29, 0.717) is 5.92 Å². The fraction of sp³-hybridized carbons (Fsp3) is 0.500. The standard InChI is InChI=1S/C12H18FNOS/c1-8(2)12(14)11(7-15)16-10-5-3-9(13)4-6-10/h3-6,8,11-12,15H,7,14H2,1-2H3. The molecule has 0 fully saturated rings. The summed E-state index contributed by atoms with van der Waals surface area (Å²) in [6.07, 6.45) is 0. The average Bonchev–Trinajstić information content (AvgIpc) is 2.27. The summed E-state index contributed by atoms with van der Waals surface area (Å²) in [6.45, 7) is 4.08. The van der Waals surface area contributed by atoms with Gasteiger partial charge in [-0.2, -0.15) is 0 Å². The van der Waals surface area contributed by atoms with Gasteiger partial charge in [-0.05, 0) is 30.2 Å². The Morgan fingerprint density at radius 2 is 1.88 bits per heavy atom. The van der Waals surface area contributed by atoms with Gasteiger partial charge in [-0.1, -0.05) is 13.8 Å². The van der Waals surface area contributed by atoms with Crippen LogP contribution in [0.2, 0.25) is 0 Å². The van der Waals surface area contributed by atoms with Crippen LogP contribution in [0.1, 0.15) is 13.8 Å². The predicted molar refractivity (Wildman–Crippen MR) is 65.9 cm³/mol. The molecule has 0 bridgehead atoms. The zero-order valence-electron chi connectivity index (χ0n) is 9.56. The molecule has 2 nitrogen and oxygen atoms in total. The first-order valence-corrected chi connectivity index (χ1v) is 6.21. The third kappa shape index (κ3) is 3.77. The van der Waals surface area contributed by atoms with Crippen molar-refractivity contribution in [3.05, 3.63) is 30.1 Å². The summed E-state index contributed by atoms with van der Waals surface area (Å²) in [4.78, 5) is 0.927. The first-order chi connectivity index (χ1) is 7.54. The molecule has 4 heteroatoms. The van der Waals surface area contributed by atoms with Gasteiger partial charge in [0.1, 0.15) is 5.82 Å². The van der Waals surface area contributed by atoms with Gasteiger partial charge in [0, 0.05) is 16.2 Å². The number of hydrogen-bond acceptors (Lipinski definition) is 3. The molecular formula is C12H18FNOS. The summed E-state index contributed by atoms with van der Waals surface area (Å²) in [5.74, 6) is 0.0585. The molecule has 0 saturated heterocycles. The Kier molecular flexibility index (Phi) is 5.25. The number of hydrogen-bond donors (Lipinski definition) is 2. The fourth-order valence-electron chi connectivity index (χ4n) is 1.35. The Morgan fingerprint density at radius 1 is 1.31 bits per heavy atom. The molecule has 3 N–H and O–H groups in total. The molecule has 16 heavy (non-hydrogen) atoms. The van der Waals surface area contributed by atoms with Crippen molar-refractivity contribution in [2.24, 2.45) is 11.7 Å². The number of thioether (sulfide) groups is 1. The Balaban J connectivity index is 2.66. The molecule has 0 amide bonds. The van der Waals surface area contributed by atoms with Gasteiger partial charge in [-0.25, -0.2) is 4.39 Å². The number of benzene rings is 1. The summed E-state index contributed by atoms with van der Waals surface area (Å²) in [6, 6.07) is 6.17. The maximum atomic E-state index is 12.7. The third-order valence-electron chi connectivity index (χ3n) is 2.48. The van der Waals surface area contributed by atoms with Gasteiger partial charge in [0.2, 0.25) is 0 Å². The lowest BCUT2D eigenvalue weighted by molar-refractivity contribution is 0.269. The Hall–Kier alpha value is -0.580. The normalized spacial score (nSPS) is 15.1. The van der Waals surface area contributed by atoms with Gasteiger partial charge < -0.3 is 10.8 Å². The van der Waals surface area contributed by atoms with Crippen LogP contribution in [-0.2, 0) is 0 Å². The van der Waals surface area contributed by atoms with Crippen LogP contribution >= 0.6 is 11.8 Å². The van der Waals surface area contributed by atoms with E-state index in [0.717, 1.165) is 4.90 Å². The quantitative estimate of drug-likeness (QED) is 0.780. The van der Waals surface area contributed by atoms with E-state index in [1.807, 2.05) is 13.8 Å². The van der Waals surface area contributed by atoms with Gasteiger partial charge >= 0.3 is 0 Å². The molecule has 0 aromatic heterocycles. The van der Waals surface area contributed by atoms with Crippen molar-refractivity contribution < 1.29 is 9.50 Å². The number of rotatable bonds is 5. The molecule has 0 aliphatic heterocycles. The highest BCUT2D eigenvalue weighted by Crippen LogP contribution is 2.26. The van der Waals surface area contributed by atoms with Crippen LogP contribution in [0.5, 0.6) is 0 Å². The van der Waals surface area contributed by atoms with Crippen LogP contribution in [0.25, 0.3) is 0 Å². The fourth-order valence-corrected chi connectivity index (χ4v) is 2.54. The van der Waals surface area contributed by atoms with Gasteiger partial charge in [0.25, 0.3) is 0 Å². The Labute approximate surface area is 100 Å². The smallest absolute Gasteiger partial charge is 0.123 e. The van der Waals surface area contributed by atoms with Crippen molar-refractivity contribution in [1.29, 1.82) is 0 Å². The average molecular weight is 243 g/mol. The molecule has 1 aromatic rings. The minimum Gasteiger partial charge on any atom is -0.395 e. The summed E-state index contributed by atoms with van der Waals surface area (Å²) < 4.78 is 12.7. The van der Waals surface area contributed by atoms with E-state index in [2.05, 4.69) is 0 Å². The van der Waals surface area contributed by atoms with Crippen LogP contribution in [0.3, 0.4) is 0 Å². The van der Waals surface area contributed by atoms with Crippen molar-refractivity contribution in [3.8, 4) is 0 Å². The van der Waals surface area contributed by atoms with E-state index in [9.17, 15) is 9.50 Å². The minimum atomic E-state index is -0.252. The van der Waals surface area contributed by atoms with E-state index >= 15 is 0 Å². The van der Waals surface area contributed by atoms with Crippen molar-refractivity contribution >= 4 is 11.8 Å². The van der Waals surface area contributed by atoms with Gasteiger partial charge in [0.15, 0.2) is 0 Å². The van der Waals surface area contributed by atoms with Crippen LogP contribution in [-0.4, -0.2) is 23.0 Å². The molecule has 0 aliphatic carbocycles. The SMILES string of the molecule is CC(C)C(N)C(CO)Sc1ccc(F)cc1. The molecule has 2 atom stereocenters. The number of aliphatic hydroxyl groups excluding tert-OH is 1. The molecule has 0 spiro atoms. The number of halogens is 1. The molecule has 0 heterocycles. The van der Waals surface area contributed by atoms with Crippen LogP contribution in [0.15, 0.2) is 29.2 Å². The van der Waals surface area contributed by atoms with Crippen LogP contribution in [0, 0.1) is 11.7 Å². The molecule has 0 radical (unpaired) electrons. The van der Waals surface area contributed by atoms with Crippen molar-refractivity contribution in [1.82, 2.24) is 0 Å². The van der Waals surface area contributed by atoms with Crippen LogP contribution in [0.4, 0.5) is 4.39 Å². The largest absolute Gasteiger partial charge is 0.395 e. The Bertz CT molecular complexity index is 315. The van der Waals surface area contributed by atoms with Gasteiger partial charge in [-0.3, -0.25) is 0 Å². The predicted octanol–water partition coefficient (Wildman–Crippen LogP) is 2.26. The summed E-state index contributed by atoms with van der Waals surface area (Å²) >= 11 is 1.49. The minimum absolute atomic E-state index is 0.0292. The first kappa shape index (κ1) is 13.5. The second kappa shape index (κ2) is 6.23. The summed E-state index contributed by atoms with van der Waals surface area (Å²) in [5.41, 5.74) is 5.99. The van der Waals surface area contributed by atoms with Crippen molar-refractivity contribution in [2.75, 3.05) is 6.61 Å². The van der Waals surface area contributed by atoms with E-state index in [-0.39, 0.29) is 23.7 Å². The molecule has 0 saturated carbocycles. The first-order valence-electron chi connectivity index (χ1n) is 5.33. The summed E-state index contributed by atoms with van der Waals surface area (Å²) in [7, 11) is 0. The van der Waals surface area contributed by atoms with E-state index in [1.54, 1.807) is 12.1 Å². The molecule has 90 valence electrons. The van der Waals surface area contributed by atoms with Crippen molar-refractivity contribution in [2.45, 2.75) is 30.0 Å². The third-order valence-corrected chi connectivity index (χ3v) is 3.79. The monoisotopic (exact) mass is 243 g/mol. The van der Waals surface area contributed by atoms with E-state index in [4.69, 9.17) is 5.73 Å². The van der Waals surface area contributed by atoms with Crippen molar-refractivity contribution in [3.63, 3.8) is 0 Å². The molecule has 0 aliphatic rings. The molecule has 1 aromatic carbocycles. The lowest BCUT2D eigenvalue weighted by Gasteiger charge is -2.24. The van der Waals surface area contributed by atoms with E-state index < -0.39 is 0 Å². The highest BCUT2D eigenvalue weighted by atomic mass is 32.2. The van der Waals surface area contributed by atoms with E-state index in [1.165, 1.54) is 23.9 Å². The maximum Gasteiger partial charge on any atom is 0.123 e.